The first-order chi connectivity index (χ1) is 5.24. The van der Waals surface area contributed by atoms with Gasteiger partial charge in [-0.1, -0.05) is 13.8 Å². The van der Waals surface area contributed by atoms with Crippen molar-refractivity contribution in [3.05, 3.63) is 0 Å². The first-order valence-corrected chi connectivity index (χ1v) is 4.68. The number of likely N-dealkylation sites (N-methyl/N-ethyl adjacent to an activating group) is 1. The van der Waals surface area contributed by atoms with Crippen molar-refractivity contribution in [2.24, 2.45) is 5.92 Å². The van der Waals surface area contributed by atoms with Crippen LogP contribution in [0.3, 0.4) is 0 Å². The summed E-state index contributed by atoms with van der Waals surface area (Å²) in [5, 5.41) is 3.47. The van der Waals surface area contributed by atoms with Crippen molar-refractivity contribution in [3.8, 4) is 0 Å². The van der Waals surface area contributed by atoms with Crippen molar-refractivity contribution in [2.75, 3.05) is 26.2 Å². The van der Waals surface area contributed by atoms with Crippen LogP contribution in [-0.2, 0) is 0 Å². The molecule has 0 bridgehead atoms. The Morgan fingerprint density at radius 3 is 2.73 bits per heavy atom. The second kappa shape index (κ2) is 4.07. The zero-order chi connectivity index (χ0) is 8.27. The molecule has 1 heterocycles. The van der Waals surface area contributed by atoms with E-state index in [1.807, 2.05) is 0 Å². The zero-order valence-corrected chi connectivity index (χ0v) is 7.93. The molecule has 11 heavy (non-hydrogen) atoms. The number of nitrogens with zero attached hydrogens (tertiary/aromatic N) is 1. The van der Waals surface area contributed by atoms with Crippen molar-refractivity contribution >= 4 is 0 Å². The van der Waals surface area contributed by atoms with Gasteiger partial charge < -0.3 is 5.32 Å². The maximum Gasteiger partial charge on any atom is 0.0192 e. The summed E-state index contributed by atoms with van der Waals surface area (Å²) in [6, 6.07) is 0.713. The Bertz CT molecular complexity index is 114. The lowest BCUT2D eigenvalue weighted by Crippen LogP contribution is -2.37. The molecule has 0 aromatic rings. The van der Waals surface area contributed by atoms with Gasteiger partial charge in [-0.2, -0.15) is 0 Å². The summed E-state index contributed by atoms with van der Waals surface area (Å²) in [5.41, 5.74) is 0. The highest BCUT2D eigenvalue weighted by molar-refractivity contribution is 4.76. The normalized spacial score (nSPS) is 35.2. The molecule has 1 rings (SSSR count). The first kappa shape index (κ1) is 9.01. The van der Waals surface area contributed by atoms with Crippen molar-refractivity contribution < 1.29 is 0 Å². The molecule has 1 aliphatic rings. The van der Waals surface area contributed by atoms with E-state index in [0.717, 1.165) is 12.5 Å². The fourth-order valence-corrected chi connectivity index (χ4v) is 1.75. The van der Waals surface area contributed by atoms with Crippen LogP contribution in [0.15, 0.2) is 0 Å². The Morgan fingerprint density at radius 1 is 1.36 bits per heavy atom. The van der Waals surface area contributed by atoms with Crippen LogP contribution in [-0.4, -0.2) is 37.1 Å². The fraction of sp³-hybridized carbons (Fsp3) is 1.00. The van der Waals surface area contributed by atoms with E-state index in [4.69, 9.17) is 0 Å². The first-order valence-electron chi connectivity index (χ1n) is 4.68. The van der Waals surface area contributed by atoms with E-state index < -0.39 is 0 Å². The van der Waals surface area contributed by atoms with Gasteiger partial charge in [0.05, 0.1) is 0 Å². The average molecular weight is 156 g/mol. The average Bonchev–Trinajstić information content (AvgIpc) is 2.13. The second-order valence-corrected chi connectivity index (χ2v) is 3.70. The van der Waals surface area contributed by atoms with Crippen LogP contribution in [0.4, 0.5) is 0 Å². The molecular weight excluding hydrogens is 136 g/mol. The highest BCUT2D eigenvalue weighted by Gasteiger charge is 2.18. The summed E-state index contributed by atoms with van der Waals surface area (Å²) in [6.45, 7) is 11.6. The molecule has 0 aromatic heterocycles. The summed E-state index contributed by atoms with van der Waals surface area (Å²) in [6.07, 6.45) is 0. The molecule has 2 atom stereocenters. The van der Waals surface area contributed by atoms with E-state index >= 15 is 0 Å². The fourth-order valence-electron chi connectivity index (χ4n) is 1.75. The van der Waals surface area contributed by atoms with Gasteiger partial charge in [0.2, 0.25) is 0 Å². The number of hydrogen-bond donors (Lipinski definition) is 1. The van der Waals surface area contributed by atoms with E-state index in [1.54, 1.807) is 0 Å². The Morgan fingerprint density at radius 2 is 2.09 bits per heavy atom. The standard InChI is InChI=1S/C9H20N2/c1-4-11-7-8(2)5-10-6-9(11)3/h8-10H,4-7H2,1-3H3. The SMILES string of the molecule is CCN1CC(C)CNCC1C. The lowest BCUT2D eigenvalue weighted by atomic mass is 10.1. The molecular formula is C9H20N2. The number of rotatable bonds is 1. The molecule has 1 saturated heterocycles. The van der Waals surface area contributed by atoms with Gasteiger partial charge in [0.25, 0.3) is 0 Å². The van der Waals surface area contributed by atoms with Crippen molar-refractivity contribution in [1.82, 2.24) is 10.2 Å². The van der Waals surface area contributed by atoms with Crippen LogP contribution >= 0.6 is 0 Å². The van der Waals surface area contributed by atoms with E-state index in [-0.39, 0.29) is 0 Å². The van der Waals surface area contributed by atoms with Gasteiger partial charge in [-0.3, -0.25) is 4.90 Å². The Hall–Kier alpha value is -0.0800. The molecule has 2 nitrogen and oxygen atoms in total. The molecule has 1 aliphatic heterocycles. The molecule has 66 valence electrons. The lowest BCUT2D eigenvalue weighted by molar-refractivity contribution is 0.215. The molecule has 0 radical (unpaired) electrons. The van der Waals surface area contributed by atoms with Crippen LogP contribution in [0, 0.1) is 5.92 Å². The van der Waals surface area contributed by atoms with Gasteiger partial charge in [0, 0.05) is 19.1 Å². The third-order valence-electron chi connectivity index (χ3n) is 2.51. The van der Waals surface area contributed by atoms with Crippen molar-refractivity contribution in [2.45, 2.75) is 26.8 Å². The minimum Gasteiger partial charge on any atom is -0.315 e. The predicted molar refractivity (Wildman–Crippen MR) is 48.7 cm³/mol. The highest BCUT2D eigenvalue weighted by atomic mass is 15.2. The quantitative estimate of drug-likeness (QED) is 0.608. The monoisotopic (exact) mass is 156 g/mol. The van der Waals surface area contributed by atoms with Crippen molar-refractivity contribution in [3.63, 3.8) is 0 Å². The predicted octanol–water partition coefficient (Wildman–Crippen LogP) is 0.936. The largest absolute Gasteiger partial charge is 0.315 e. The molecule has 0 amide bonds. The van der Waals surface area contributed by atoms with E-state index in [0.29, 0.717) is 6.04 Å². The molecule has 1 fully saturated rings. The Balaban J connectivity index is 2.45. The number of hydrogen-bond acceptors (Lipinski definition) is 2. The third kappa shape index (κ3) is 2.46. The van der Waals surface area contributed by atoms with Crippen LogP contribution in [0.2, 0.25) is 0 Å². The molecule has 0 aromatic carbocycles. The van der Waals surface area contributed by atoms with Crippen LogP contribution in [0.5, 0.6) is 0 Å². The molecule has 1 N–H and O–H groups in total. The summed E-state index contributed by atoms with van der Waals surface area (Å²) >= 11 is 0. The number of nitrogens with one attached hydrogen (secondary N) is 1. The highest BCUT2D eigenvalue weighted by Crippen LogP contribution is 2.06. The van der Waals surface area contributed by atoms with Crippen LogP contribution < -0.4 is 5.32 Å². The smallest absolute Gasteiger partial charge is 0.0192 e. The van der Waals surface area contributed by atoms with E-state index in [2.05, 4.69) is 31.0 Å². The molecule has 2 unspecified atom stereocenters. The summed E-state index contributed by atoms with van der Waals surface area (Å²) < 4.78 is 0. The van der Waals surface area contributed by atoms with Gasteiger partial charge in [-0.15, -0.1) is 0 Å². The van der Waals surface area contributed by atoms with Gasteiger partial charge in [-0.25, -0.2) is 0 Å². The minimum atomic E-state index is 0.713. The lowest BCUT2D eigenvalue weighted by Gasteiger charge is -2.25. The molecule has 0 aliphatic carbocycles. The summed E-state index contributed by atoms with van der Waals surface area (Å²) in [5.74, 6) is 0.805. The van der Waals surface area contributed by atoms with Gasteiger partial charge in [-0.05, 0) is 25.9 Å². The van der Waals surface area contributed by atoms with Crippen molar-refractivity contribution in [1.29, 1.82) is 0 Å². The minimum absolute atomic E-state index is 0.713. The Kier molecular flexibility index (Phi) is 3.34. The molecule has 0 saturated carbocycles. The Labute approximate surface area is 70.0 Å². The molecule has 0 spiro atoms. The summed E-state index contributed by atoms with van der Waals surface area (Å²) in [4.78, 5) is 2.55. The second-order valence-electron chi connectivity index (χ2n) is 3.70. The van der Waals surface area contributed by atoms with Crippen LogP contribution in [0.1, 0.15) is 20.8 Å². The maximum atomic E-state index is 3.47. The maximum absolute atomic E-state index is 3.47. The van der Waals surface area contributed by atoms with E-state index in [9.17, 15) is 0 Å². The zero-order valence-electron chi connectivity index (χ0n) is 7.93. The van der Waals surface area contributed by atoms with Gasteiger partial charge in [0.1, 0.15) is 0 Å². The van der Waals surface area contributed by atoms with Crippen LogP contribution in [0.25, 0.3) is 0 Å². The van der Waals surface area contributed by atoms with Gasteiger partial charge in [0.15, 0.2) is 0 Å². The third-order valence-corrected chi connectivity index (χ3v) is 2.51. The summed E-state index contributed by atoms with van der Waals surface area (Å²) in [7, 11) is 0. The topological polar surface area (TPSA) is 15.3 Å². The molecule has 2 heteroatoms. The van der Waals surface area contributed by atoms with Gasteiger partial charge >= 0.3 is 0 Å². The van der Waals surface area contributed by atoms with E-state index in [1.165, 1.54) is 19.6 Å².